The summed E-state index contributed by atoms with van der Waals surface area (Å²) in [6, 6.07) is 12.2. The fourth-order valence-electron chi connectivity index (χ4n) is 2.71. The van der Waals surface area contributed by atoms with E-state index in [9.17, 15) is 9.59 Å². The maximum absolute atomic E-state index is 12.4. The van der Waals surface area contributed by atoms with Gasteiger partial charge in [0, 0.05) is 17.8 Å². The molecule has 2 aromatic carbocycles. The number of anilines is 1. The highest BCUT2D eigenvalue weighted by Crippen LogP contribution is 2.30. The van der Waals surface area contributed by atoms with Gasteiger partial charge in [0.15, 0.2) is 11.5 Å². The molecule has 0 aliphatic carbocycles. The zero-order valence-corrected chi connectivity index (χ0v) is 16.1. The van der Waals surface area contributed by atoms with E-state index in [-0.39, 0.29) is 25.5 Å². The van der Waals surface area contributed by atoms with Crippen LogP contribution in [0.3, 0.4) is 0 Å². The minimum absolute atomic E-state index is 0.106. The summed E-state index contributed by atoms with van der Waals surface area (Å²) in [7, 11) is 4.62. The minimum Gasteiger partial charge on any atom is -0.497 e. The molecule has 1 amide bonds. The largest absolute Gasteiger partial charge is 0.497 e. The van der Waals surface area contributed by atoms with Crippen molar-refractivity contribution in [2.24, 2.45) is 0 Å². The zero-order chi connectivity index (χ0) is 20.5. The van der Waals surface area contributed by atoms with Crippen molar-refractivity contribution in [1.29, 1.82) is 0 Å². The predicted octanol–water partition coefficient (Wildman–Crippen LogP) is 1.92. The van der Waals surface area contributed by atoms with Crippen LogP contribution in [-0.2, 0) is 16.1 Å². The molecule has 0 heterocycles. The molecule has 2 N–H and O–H groups in total. The number of carbonyl (C=O) groups is 2. The summed E-state index contributed by atoms with van der Waals surface area (Å²) in [5.41, 5.74) is 1.36. The molecule has 0 aromatic heterocycles. The van der Waals surface area contributed by atoms with Crippen LogP contribution in [0, 0.1) is 0 Å². The molecule has 0 aliphatic heterocycles. The first-order valence-corrected chi connectivity index (χ1v) is 8.55. The molecule has 0 saturated carbocycles. The summed E-state index contributed by atoms with van der Waals surface area (Å²) in [6.45, 7) is -0.185. The van der Waals surface area contributed by atoms with Crippen LogP contribution < -0.4 is 24.4 Å². The first-order chi connectivity index (χ1) is 13.5. The van der Waals surface area contributed by atoms with E-state index in [1.165, 1.54) is 12.0 Å². The highest BCUT2D eigenvalue weighted by molar-refractivity contribution is 5.84. The Kier molecular flexibility index (Phi) is 7.50. The number of ether oxygens (including phenoxy) is 3. The van der Waals surface area contributed by atoms with E-state index in [0.717, 1.165) is 5.56 Å². The normalized spacial score (nSPS) is 10.1. The highest BCUT2D eigenvalue weighted by atomic mass is 16.5. The molecule has 0 radical (unpaired) electrons. The van der Waals surface area contributed by atoms with Gasteiger partial charge in [0.25, 0.3) is 0 Å². The van der Waals surface area contributed by atoms with Gasteiger partial charge < -0.3 is 29.5 Å². The van der Waals surface area contributed by atoms with Crippen LogP contribution in [0.15, 0.2) is 42.5 Å². The first kappa shape index (κ1) is 20.9. The number of benzene rings is 2. The molecule has 28 heavy (non-hydrogen) atoms. The molecule has 150 valence electrons. The molecule has 0 aliphatic rings. The lowest BCUT2D eigenvalue weighted by Crippen LogP contribution is -2.39. The maximum atomic E-state index is 12.4. The number of carboxylic acids is 1. The lowest BCUT2D eigenvalue weighted by Gasteiger charge is -2.22. The second-order valence-corrected chi connectivity index (χ2v) is 5.88. The summed E-state index contributed by atoms with van der Waals surface area (Å²) in [5, 5.41) is 12.0. The highest BCUT2D eigenvalue weighted by Gasteiger charge is 2.16. The predicted molar refractivity (Wildman–Crippen MR) is 104 cm³/mol. The number of hydrogen-bond acceptors (Lipinski definition) is 6. The molecule has 2 aromatic rings. The number of hydrogen-bond donors (Lipinski definition) is 2. The van der Waals surface area contributed by atoms with Crippen LogP contribution in [0.1, 0.15) is 5.56 Å². The number of amides is 1. The number of nitrogens with zero attached hydrogens (tertiary/aromatic N) is 1. The SMILES string of the molecule is COc1ccc(N(CC(=O)O)CC(=O)NCc2cccc(OC)c2OC)cc1. The molecular weight excluding hydrogens is 364 g/mol. The van der Waals surface area contributed by atoms with E-state index >= 15 is 0 Å². The Morgan fingerprint density at radius 3 is 2.25 bits per heavy atom. The topological polar surface area (TPSA) is 97.3 Å². The van der Waals surface area contributed by atoms with Gasteiger partial charge in [-0.25, -0.2) is 0 Å². The van der Waals surface area contributed by atoms with Crippen molar-refractivity contribution in [3.8, 4) is 17.2 Å². The molecule has 0 spiro atoms. The second-order valence-electron chi connectivity index (χ2n) is 5.88. The smallest absolute Gasteiger partial charge is 0.323 e. The fourth-order valence-corrected chi connectivity index (χ4v) is 2.71. The van der Waals surface area contributed by atoms with Gasteiger partial charge in [0.05, 0.1) is 27.9 Å². The number of aliphatic carboxylic acids is 1. The number of methoxy groups -OCH3 is 3. The van der Waals surface area contributed by atoms with Gasteiger partial charge in [-0.15, -0.1) is 0 Å². The van der Waals surface area contributed by atoms with Crippen molar-refractivity contribution in [3.05, 3.63) is 48.0 Å². The van der Waals surface area contributed by atoms with E-state index < -0.39 is 5.97 Å². The lowest BCUT2D eigenvalue weighted by atomic mass is 10.2. The van der Waals surface area contributed by atoms with Crippen LogP contribution in [0.25, 0.3) is 0 Å². The summed E-state index contributed by atoms with van der Waals surface area (Å²) in [4.78, 5) is 25.1. The Bertz CT molecular complexity index is 807. The quantitative estimate of drug-likeness (QED) is 0.642. The molecule has 8 nitrogen and oxygen atoms in total. The maximum Gasteiger partial charge on any atom is 0.323 e. The molecule has 8 heteroatoms. The molecule has 0 bridgehead atoms. The van der Waals surface area contributed by atoms with Crippen LogP contribution in [-0.4, -0.2) is 51.4 Å². The zero-order valence-electron chi connectivity index (χ0n) is 16.1. The Balaban J connectivity index is 2.06. The van der Waals surface area contributed by atoms with Crippen LogP contribution in [0.5, 0.6) is 17.2 Å². The number of carbonyl (C=O) groups excluding carboxylic acids is 1. The van der Waals surface area contributed by atoms with E-state index in [1.54, 1.807) is 50.6 Å². The Morgan fingerprint density at radius 2 is 1.68 bits per heavy atom. The van der Waals surface area contributed by atoms with E-state index in [4.69, 9.17) is 19.3 Å². The number of para-hydroxylation sites is 1. The van der Waals surface area contributed by atoms with Crippen LogP contribution >= 0.6 is 0 Å². The Labute approximate surface area is 163 Å². The third-order valence-corrected chi connectivity index (χ3v) is 4.06. The fraction of sp³-hybridized carbons (Fsp3) is 0.300. The van der Waals surface area contributed by atoms with Crippen molar-refractivity contribution < 1.29 is 28.9 Å². The molecular formula is C20H24N2O6. The average molecular weight is 388 g/mol. The molecule has 0 fully saturated rings. The third-order valence-electron chi connectivity index (χ3n) is 4.06. The number of rotatable bonds is 10. The molecule has 0 saturated heterocycles. The van der Waals surface area contributed by atoms with Crippen molar-refractivity contribution in [1.82, 2.24) is 5.32 Å². The number of carboxylic acid groups (broad SMARTS) is 1. The summed E-state index contributed by atoms with van der Waals surface area (Å²) >= 11 is 0. The Hall–Kier alpha value is -3.42. The van der Waals surface area contributed by atoms with Crippen molar-refractivity contribution in [2.75, 3.05) is 39.3 Å². The van der Waals surface area contributed by atoms with Gasteiger partial charge in [-0.3, -0.25) is 9.59 Å². The average Bonchev–Trinajstić information content (AvgIpc) is 2.71. The van der Waals surface area contributed by atoms with Gasteiger partial charge in [0.2, 0.25) is 5.91 Å². The summed E-state index contributed by atoms with van der Waals surface area (Å²) in [6.07, 6.45) is 0. The Morgan fingerprint density at radius 1 is 0.964 bits per heavy atom. The van der Waals surface area contributed by atoms with Crippen molar-refractivity contribution in [3.63, 3.8) is 0 Å². The van der Waals surface area contributed by atoms with E-state index in [1.807, 2.05) is 6.07 Å². The molecule has 0 unspecified atom stereocenters. The summed E-state index contributed by atoms with van der Waals surface area (Å²) in [5.74, 6) is 0.413. The van der Waals surface area contributed by atoms with Crippen molar-refractivity contribution in [2.45, 2.75) is 6.54 Å². The lowest BCUT2D eigenvalue weighted by molar-refractivity contribution is -0.135. The first-order valence-electron chi connectivity index (χ1n) is 8.55. The third kappa shape index (κ3) is 5.54. The van der Waals surface area contributed by atoms with Gasteiger partial charge in [-0.05, 0) is 30.3 Å². The van der Waals surface area contributed by atoms with E-state index in [0.29, 0.717) is 22.9 Å². The van der Waals surface area contributed by atoms with Crippen LogP contribution in [0.2, 0.25) is 0 Å². The van der Waals surface area contributed by atoms with Gasteiger partial charge in [-0.2, -0.15) is 0 Å². The van der Waals surface area contributed by atoms with Gasteiger partial charge >= 0.3 is 5.97 Å². The molecule has 2 rings (SSSR count). The number of nitrogens with one attached hydrogen (secondary N) is 1. The summed E-state index contributed by atoms with van der Waals surface area (Å²) < 4.78 is 15.7. The van der Waals surface area contributed by atoms with E-state index in [2.05, 4.69) is 5.32 Å². The molecule has 0 atom stereocenters. The second kappa shape index (κ2) is 10.1. The minimum atomic E-state index is -1.03. The standard InChI is InChI=1S/C20H24N2O6/c1-26-16-9-7-15(8-10-16)22(13-19(24)25)12-18(23)21-11-14-5-4-6-17(27-2)20(14)28-3/h4-10H,11-13H2,1-3H3,(H,21,23)(H,24,25). The van der Waals surface area contributed by atoms with Crippen molar-refractivity contribution >= 4 is 17.6 Å². The van der Waals surface area contributed by atoms with Crippen LogP contribution in [0.4, 0.5) is 5.69 Å². The van der Waals surface area contributed by atoms with Gasteiger partial charge in [-0.1, -0.05) is 12.1 Å². The van der Waals surface area contributed by atoms with Gasteiger partial charge in [0.1, 0.15) is 12.3 Å². The monoisotopic (exact) mass is 388 g/mol.